The van der Waals surface area contributed by atoms with Crippen LogP contribution in [0.2, 0.25) is 10.0 Å². The highest BCUT2D eigenvalue weighted by Gasteiger charge is 2.35. The zero-order valence-corrected chi connectivity index (χ0v) is 20.8. The van der Waals surface area contributed by atoms with Crippen LogP contribution in [0.25, 0.3) is 11.3 Å². The van der Waals surface area contributed by atoms with Gasteiger partial charge in [-0.2, -0.15) is 0 Å². The lowest BCUT2D eigenvalue weighted by Crippen LogP contribution is -2.35. The smallest absolute Gasteiger partial charge is 0.322 e. The zero-order valence-electron chi connectivity index (χ0n) is 19.3. The predicted molar refractivity (Wildman–Crippen MR) is 135 cm³/mol. The number of carbonyl (C=O) groups is 1. The summed E-state index contributed by atoms with van der Waals surface area (Å²) in [6.45, 7) is 4.88. The Bertz CT molecular complexity index is 1360. The van der Waals surface area contributed by atoms with Gasteiger partial charge in [-0.3, -0.25) is 0 Å². The van der Waals surface area contributed by atoms with Gasteiger partial charge in [0.1, 0.15) is 17.2 Å². The molecule has 0 bridgehead atoms. The van der Waals surface area contributed by atoms with Crippen LogP contribution < -0.4 is 5.32 Å². The van der Waals surface area contributed by atoms with E-state index in [4.69, 9.17) is 27.7 Å². The van der Waals surface area contributed by atoms with Crippen LogP contribution in [0.5, 0.6) is 0 Å². The second kappa shape index (κ2) is 9.71. The van der Waals surface area contributed by atoms with Crippen LogP contribution in [0.3, 0.4) is 0 Å². The first-order valence-corrected chi connectivity index (χ1v) is 12.1. The molecular weight excluding hydrogens is 487 g/mol. The first-order valence-electron chi connectivity index (χ1n) is 11.4. The first kappa shape index (κ1) is 23.4. The van der Waals surface area contributed by atoms with Crippen LogP contribution in [0.15, 0.2) is 53.1 Å². The van der Waals surface area contributed by atoms with Gasteiger partial charge in [-0.05, 0) is 50.5 Å². The van der Waals surface area contributed by atoms with Crippen molar-refractivity contribution in [2.45, 2.75) is 39.3 Å². The Balaban J connectivity index is 1.40. The molecule has 180 valence electrons. The summed E-state index contributed by atoms with van der Waals surface area (Å²) in [4.78, 5) is 15.3. The van der Waals surface area contributed by atoms with Crippen molar-refractivity contribution in [3.8, 4) is 11.3 Å². The standard InChI is InChI=1S/C25H24Cl2N6O2/c1-15-22(23(31-35-15)19-6-3-4-7-20(19)27)28-25(34)32-13-5-8-21(32)24-30-29-16(2)33(24)14-17-9-11-18(26)12-10-17/h3-4,6-7,9-12,21H,5,8,13-14H2,1-2H3,(H,28,34)/t21-/m1/s1. The van der Waals surface area contributed by atoms with Gasteiger partial charge in [-0.1, -0.05) is 58.7 Å². The number of halogens is 2. The number of anilines is 1. The second-order valence-electron chi connectivity index (χ2n) is 8.54. The number of nitrogens with zero attached hydrogens (tertiary/aromatic N) is 5. The molecule has 0 aliphatic carbocycles. The summed E-state index contributed by atoms with van der Waals surface area (Å²) in [7, 11) is 0. The maximum atomic E-state index is 13.5. The van der Waals surface area contributed by atoms with Gasteiger partial charge < -0.3 is 19.3 Å². The minimum Gasteiger partial charge on any atom is -0.359 e. The van der Waals surface area contributed by atoms with Gasteiger partial charge in [0.25, 0.3) is 0 Å². The molecule has 2 amide bonds. The Morgan fingerprint density at radius 2 is 1.89 bits per heavy atom. The predicted octanol–water partition coefficient (Wildman–Crippen LogP) is 6.27. The van der Waals surface area contributed by atoms with Crippen LogP contribution in [0, 0.1) is 13.8 Å². The van der Waals surface area contributed by atoms with Gasteiger partial charge in [0, 0.05) is 17.1 Å². The first-order chi connectivity index (χ1) is 16.9. The van der Waals surface area contributed by atoms with Crippen LogP contribution in [-0.2, 0) is 6.54 Å². The number of amides is 2. The molecule has 0 spiro atoms. The molecular formula is C25H24Cl2N6O2. The van der Waals surface area contributed by atoms with E-state index < -0.39 is 0 Å². The second-order valence-corrected chi connectivity index (χ2v) is 9.39. The fourth-order valence-electron chi connectivity index (χ4n) is 4.43. The van der Waals surface area contributed by atoms with Crippen LogP contribution in [0.1, 0.15) is 41.9 Å². The molecule has 4 aromatic rings. The molecule has 2 aromatic heterocycles. The van der Waals surface area contributed by atoms with E-state index in [0.29, 0.717) is 45.8 Å². The molecule has 1 saturated heterocycles. The number of carbonyl (C=O) groups excluding carboxylic acids is 1. The van der Waals surface area contributed by atoms with Crippen molar-refractivity contribution in [3.05, 3.63) is 81.5 Å². The molecule has 8 nitrogen and oxygen atoms in total. The highest BCUT2D eigenvalue weighted by atomic mass is 35.5. The van der Waals surface area contributed by atoms with Crippen LogP contribution in [0.4, 0.5) is 10.5 Å². The molecule has 1 atom stereocenters. The lowest BCUT2D eigenvalue weighted by molar-refractivity contribution is 0.203. The summed E-state index contributed by atoms with van der Waals surface area (Å²) < 4.78 is 7.45. The minimum atomic E-state index is -0.245. The molecule has 0 unspecified atom stereocenters. The topological polar surface area (TPSA) is 89.1 Å². The Labute approximate surface area is 212 Å². The molecule has 2 aromatic carbocycles. The van der Waals surface area contributed by atoms with Crippen LogP contribution in [-0.4, -0.2) is 37.4 Å². The van der Waals surface area contributed by atoms with E-state index in [1.165, 1.54) is 0 Å². The van der Waals surface area contributed by atoms with E-state index in [1.807, 2.05) is 49.4 Å². The number of likely N-dealkylation sites (tertiary alicyclic amines) is 1. The maximum absolute atomic E-state index is 13.5. The van der Waals surface area contributed by atoms with Gasteiger partial charge in [0.15, 0.2) is 11.6 Å². The highest BCUT2D eigenvalue weighted by Crippen LogP contribution is 2.36. The zero-order chi connectivity index (χ0) is 24.5. The van der Waals surface area contributed by atoms with Crippen molar-refractivity contribution in [2.24, 2.45) is 0 Å². The van der Waals surface area contributed by atoms with Crippen LogP contribution >= 0.6 is 23.2 Å². The van der Waals surface area contributed by atoms with Gasteiger partial charge in [-0.25, -0.2) is 4.79 Å². The number of aryl methyl sites for hydroxylation is 2. The average molecular weight is 511 g/mol. The molecule has 1 aliphatic rings. The summed E-state index contributed by atoms with van der Waals surface area (Å²) in [6, 6.07) is 14.6. The number of nitrogens with one attached hydrogen (secondary N) is 1. The van der Waals surface area contributed by atoms with Gasteiger partial charge in [-0.15, -0.1) is 10.2 Å². The summed E-state index contributed by atoms with van der Waals surface area (Å²) in [6.07, 6.45) is 1.66. The lowest BCUT2D eigenvalue weighted by atomic mass is 10.1. The average Bonchev–Trinajstić information content (AvgIpc) is 3.56. The third-order valence-corrected chi connectivity index (χ3v) is 6.84. The summed E-state index contributed by atoms with van der Waals surface area (Å²) >= 11 is 12.4. The normalized spacial score (nSPS) is 15.5. The molecule has 1 fully saturated rings. The van der Waals surface area contributed by atoms with Crippen molar-refractivity contribution in [3.63, 3.8) is 0 Å². The largest absolute Gasteiger partial charge is 0.359 e. The van der Waals surface area contributed by atoms with E-state index in [1.54, 1.807) is 17.9 Å². The molecule has 10 heteroatoms. The fraction of sp³-hybridized carbons (Fsp3) is 0.280. The fourth-order valence-corrected chi connectivity index (χ4v) is 4.78. The molecule has 35 heavy (non-hydrogen) atoms. The number of benzene rings is 2. The molecule has 0 radical (unpaired) electrons. The summed E-state index contributed by atoms with van der Waals surface area (Å²) in [5, 5.41) is 17.1. The number of aromatic nitrogens is 4. The number of urea groups is 1. The van der Waals surface area contributed by atoms with Gasteiger partial charge in [0.05, 0.1) is 17.6 Å². The lowest BCUT2D eigenvalue weighted by Gasteiger charge is -2.25. The number of hydrogen-bond acceptors (Lipinski definition) is 5. The van der Waals surface area contributed by atoms with Gasteiger partial charge in [0.2, 0.25) is 0 Å². The number of rotatable bonds is 5. The molecule has 0 saturated carbocycles. The SMILES string of the molecule is Cc1onc(-c2ccccc2Cl)c1NC(=O)N1CCC[C@@H]1c1nnc(C)n1Cc1ccc(Cl)cc1. The Kier molecular flexibility index (Phi) is 6.49. The monoisotopic (exact) mass is 510 g/mol. The third kappa shape index (κ3) is 4.63. The Morgan fingerprint density at radius 1 is 1.11 bits per heavy atom. The van der Waals surface area contributed by atoms with E-state index in [-0.39, 0.29) is 12.1 Å². The molecule has 1 N–H and O–H groups in total. The minimum absolute atomic E-state index is 0.201. The van der Waals surface area contributed by atoms with Crippen molar-refractivity contribution in [2.75, 3.05) is 11.9 Å². The van der Waals surface area contributed by atoms with E-state index >= 15 is 0 Å². The van der Waals surface area contributed by atoms with Crippen molar-refractivity contribution < 1.29 is 9.32 Å². The molecule has 1 aliphatic heterocycles. The van der Waals surface area contributed by atoms with E-state index in [0.717, 1.165) is 30.1 Å². The van der Waals surface area contributed by atoms with E-state index in [2.05, 4.69) is 25.2 Å². The molecule has 3 heterocycles. The maximum Gasteiger partial charge on any atom is 0.322 e. The Morgan fingerprint density at radius 3 is 2.66 bits per heavy atom. The van der Waals surface area contributed by atoms with E-state index in [9.17, 15) is 4.79 Å². The number of hydrogen-bond donors (Lipinski definition) is 1. The van der Waals surface area contributed by atoms with Crippen molar-refractivity contribution in [1.82, 2.24) is 24.8 Å². The molecule has 5 rings (SSSR count). The Hall–Kier alpha value is -3.36. The summed E-state index contributed by atoms with van der Waals surface area (Å²) in [5.74, 6) is 2.06. The van der Waals surface area contributed by atoms with Gasteiger partial charge >= 0.3 is 6.03 Å². The van der Waals surface area contributed by atoms with Crippen molar-refractivity contribution >= 4 is 34.9 Å². The van der Waals surface area contributed by atoms with Crippen molar-refractivity contribution in [1.29, 1.82) is 0 Å². The quantitative estimate of drug-likeness (QED) is 0.341. The summed E-state index contributed by atoms with van der Waals surface area (Å²) in [5.41, 5.74) is 2.78. The third-order valence-electron chi connectivity index (χ3n) is 6.25. The highest BCUT2D eigenvalue weighted by molar-refractivity contribution is 6.33.